The molecule has 5 aromatic rings. The zero-order valence-corrected chi connectivity index (χ0v) is 38.3. The molecule has 3 aliphatic rings. The van der Waals surface area contributed by atoms with E-state index < -0.39 is 20.2 Å². The third-order valence-corrected chi connectivity index (χ3v) is 14.8. The molecule has 0 saturated heterocycles. The van der Waals surface area contributed by atoms with Crippen LogP contribution in [0.4, 0.5) is 17.1 Å². The number of anilines is 2. The lowest BCUT2D eigenvalue weighted by Crippen LogP contribution is -2.28. The van der Waals surface area contributed by atoms with Crippen LogP contribution in [-0.2, 0) is 31.1 Å². The molecular weight excluding hydrogens is 827 g/mol. The summed E-state index contributed by atoms with van der Waals surface area (Å²) in [6, 6.07) is 33.7. The van der Waals surface area contributed by atoms with Crippen LogP contribution in [0, 0.1) is 0 Å². The Kier molecular flexibility index (Phi) is 12.2. The van der Waals surface area contributed by atoms with Crippen molar-refractivity contribution >= 4 is 70.1 Å². The molecule has 2 heterocycles. The highest BCUT2D eigenvalue weighted by Crippen LogP contribution is 2.51. The van der Waals surface area contributed by atoms with Gasteiger partial charge in [-0.25, -0.2) is 0 Å². The molecule has 1 aliphatic carbocycles. The van der Waals surface area contributed by atoms with Crippen LogP contribution in [0.5, 0.6) is 0 Å². The fourth-order valence-electron chi connectivity index (χ4n) is 10.3. The standard InChI is InChI=1S/C52H57N3O6S2/c1-51(2)46(54(32-9-11-34-62(56,57)58)44-28-22-36-14-5-7-18-42(36)49(44)51)30-24-38-16-13-17-39(48(38)40-20-26-41(53)27-21-40)25-31-47-52(3,4)50-43-19-8-6-15-37(43)23-29-45(50)55(47)33-10-12-35-63(59,60)61/h5-8,14-15,18-31,53H,9-13,16-17,32-35H2,1-4H3,(H2,56,57,58,59,60,61)/p+1/b38-24+,46-30+. The van der Waals surface area contributed by atoms with E-state index >= 15 is 0 Å². The summed E-state index contributed by atoms with van der Waals surface area (Å²) < 4.78 is 67.9. The van der Waals surface area contributed by atoms with Crippen LogP contribution in [0.25, 0.3) is 27.1 Å². The van der Waals surface area contributed by atoms with E-state index in [1.54, 1.807) is 0 Å². The molecular formula is C52H58N3O6S2+. The molecule has 0 spiro atoms. The summed E-state index contributed by atoms with van der Waals surface area (Å²) in [6.07, 6.45) is 13.7. The molecule has 0 atom stereocenters. The highest BCUT2D eigenvalue weighted by Gasteiger charge is 2.45. The van der Waals surface area contributed by atoms with E-state index in [9.17, 15) is 25.9 Å². The molecule has 0 saturated carbocycles. The van der Waals surface area contributed by atoms with Gasteiger partial charge in [0.25, 0.3) is 20.2 Å². The molecule has 0 fully saturated rings. The van der Waals surface area contributed by atoms with Gasteiger partial charge in [-0.1, -0.05) is 92.7 Å². The van der Waals surface area contributed by atoms with Crippen LogP contribution in [-0.4, -0.2) is 60.8 Å². The first-order chi connectivity index (χ1) is 29.9. The van der Waals surface area contributed by atoms with E-state index in [0.717, 1.165) is 47.6 Å². The van der Waals surface area contributed by atoms with Crippen LogP contribution >= 0.6 is 0 Å². The van der Waals surface area contributed by atoms with Crippen LogP contribution in [0.15, 0.2) is 138 Å². The van der Waals surface area contributed by atoms with Crippen molar-refractivity contribution in [1.29, 1.82) is 0 Å². The van der Waals surface area contributed by atoms with Gasteiger partial charge in [0.05, 0.1) is 16.9 Å². The lowest BCUT2D eigenvalue weighted by Gasteiger charge is -2.28. The molecule has 0 radical (unpaired) electrons. The number of benzene rings is 5. The fraction of sp³-hybridized carbons (Fsp3) is 0.327. The van der Waals surface area contributed by atoms with Gasteiger partial charge < -0.3 is 10.6 Å². The van der Waals surface area contributed by atoms with Gasteiger partial charge in [-0.15, -0.1) is 0 Å². The molecule has 5 aromatic carbocycles. The minimum absolute atomic E-state index is 0.269. The predicted octanol–water partition coefficient (Wildman–Crippen LogP) is 11.1. The second kappa shape index (κ2) is 17.3. The number of hydrogen-bond acceptors (Lipinski definition) is 6. The minimum Gasteiger partial charge on any atom is -0.399 e. The number of unbranched alkanes of at least 4 members (excludes halogenated alkanes) is 2. The summed E-state index contributed by atoms with van der Waals surface area (Å²) in [5.74, 6) is -0.538. The van der Waals surface area contributed by atoms with Gasteiger partial charge in [0.15, 0.2) is 5.71 Å². The largest absolute Gasteiger partial charge is 0.399 e. The van der Waals surface area contributed by atoms with Crippen molar-refractivity contribution in [2.75, 3.05) is 35.2 Å². The zero-order valence-electron chi connectivity index (χ0n) is 36.6. The first-order valence-corrected chi connectivity index (χ1v) is 25.2. The van der Waals surface area contributed by atoms with Crippen molar-refractivity contribution in [3.8, 4) is 0 Å². The van der Waals surface area contributed by atoms with Crippen LogP contribution in [0.2, 0.25) is 0 Å². The fourth-order valence-corrected chi connectivity index (χ4v) is 11.4. The number of nitrogens with zero attached hydrogens (tertiary/aromatic N) is 2. The molecule has 0 bridgehead atoms. The van der Waals surface area contributed by atoms with E-state index in [4.69, 9.17) is 5.73 Å². The summed E-state index contributed by atoms with van der Waals surface area (Å²) in [6.45, 7) is 10.3. The number of rotatable bonds is 14. The third-order valence-electron chi connectivity index (χ3n) is 13.2. The number of fused-ring (bicyclic) bond motifs is 6. The lowest BCUT2D eigenvalue weighted by molar-refractivity contribution is -0.438. The van der Waals surface area contributed by atoms with Crippen LogP contribution < -0.4 is 10.6 Å². The van der Waals surface area contributed by atoms with Crippen molar-refractivity contribution in [3.05, 3.63) is 155 Å². The van der Waals surface area contributed by atoms with Gasteiger partial charge in [0.1, 0.15) is 6.54 Å². The Morgan fingerprint density at radius 1 is 0.683 bits per heavy atom. The van der Waals surface area contributed by atoms with Gasteiger partial charge in [-0.2, -0.15) is 21.4 Å². The minimum atomic E-state index is -4.06. The SMILES string of the molecule is CC1(C)C(/C=C/C2=C(c3ccc(N)cc3)C(=C/C=C3/N(CCCCS(=O)(=O)O)c4ccc5ccccc5c4C3(C)C)/CCC2)=[N+](CCCCS(=O)(=O)O)c2ccc3ccccc3c21. The first-order valence-electron chi connectivity index (χ1n) is 22.0. The molecule has 8 rings (SSSR count). The Hall–Kier alpha value is -5.33. The number of nitrogens with two attached hydrogens (primary N) is 1. The summed E-state index contributed by atoms with van der Waals surface area (Å²) in [7, 11) is -8.12. The second-order valence-corrected chi connectivity index (χ2v) is 21.4. The quantitative estimate of drug-likeness (QED) is 0.0433. The van der Waals surface area contributed by atoms with E-state index in [0.29, 0.717) is 44.5 Å². The van der Waals surface area contributed by atoms with E-state index in [2.05, 4.69) is 146 Å². The van der Waals surface area contributed by atoms with Crippen molar-refractivity contribution in [2.45, 2.75) is 83.5 Å². The average Bonchev–Trinajstić information content (AvgIpc) is 3.60. The molecule has 328 valence electrons. The van der Waals surface area contributed by atoms with Crippen LogP contribution in [0.1, 0.15) is 89.3 Å². The molecule has 0 amide bonds. The molecule has 0 unspecified atom stereocenters. The van der Waals surface area contributed by atoms with E-state index in [1.165, 1.54) is 49.4 Å². The highest BCUT2D eigenvalue weighted by atomic mass is 32.2. The summed E-state index contributed by atoms with van der Waals surface area (Å²) >= 11 is 0. The number of nitrogen functional groups attached to an aromatic ring is 1. The smallest absolute Gasteiger partial charge is 0.264 e. The van der Waals surface area contributed by atoms with Gasteiger partial charge in [-0.05, 0) is 132 Å². The molecule has 2 aliphatic heterocycles. The first kappa shape index (κ1) is 44.3. The van der Waals surface area contributed by atoms with Gasteiger partial charge >= 0.3 is 0 Å². The number of hydrogen-bond donors (Lipinski definition) is 3. The maximum atomic E-state index is 11.6. The Bertz CT molecular complexity index is 2990. The van der Waals surface area contributed by atoms with Crippen molar-refractivity contribution in [1.82, 2.24) is 0 Å². The maximum absolute atomic E-state index is 11.6. The molecule has 4 N–H and O–H groups in total. The highest BCUT2D eigenvalue weighted by molar-refractivity contribution is 7.86. The van der Waals surface area contributed by atoms with Gasteiger partial charge in [-0.3, -0.25) is 9.11 Å². The van der Waals surface area contributed by atoms with E-state index in [1.807, 2.05) is 12.1 Å². The number of allylic oxidation sites excluding steroid dienone is 8. The Morgan fingerprint density at radius 2 is 1.30 bits per heavy atom. The zero-order chi connectivity index (χ0) is 44.7. The van der Waals surface area contributed by atoms with Gasteiger partial charge in [0, 0.05) is 53.2 Å². The van der Waals surface area contributed by atoms with Gasteiger partial charge in [0.2, 0.25) is 5.69 Å². The molecule has 9 nitrogen and oxygen atoms in total. The topological polar surface area (TPSA) is 141 Å². The second-order valence-electron chi connectivity index (χ2n) is 18.2. The Balaban J connectivity index is 1.23. The van der Waals surface area contributed by atoms with Crippen LogP contribution in [0.3, 0.4) is 0 Å². The Morgan fingerprint density at radius 3 is 1.97 bits per heavy atom. The predicted molar refractivity (Wildman–Crippen MR) is 259 cm³/mol. The van der Waals surface area contributed by atoms with Crippen molar-refractivity contribution in [3.63, 3.8) is 0 Å². The Labute approximate surface area is 372 Å². The van der Waals surface area contributed by atoms with E-state index in [-0.39, 0.29) is 22.3 Å². The summed E-state index contributed by atoms with van der Waals surface area (Å²) in [4.78, 5) is 2.34. The molecule has 11 heteroatoms. The molecule has 0 aromatic heterocycles. The normalized spacial score (nSPS) is 18.7. The monoisotopic (exact) mass is 884 g/mol. The molecule has 63 heavy (non-hydrogen) atoms. The lowest BCUT2D eigenvalue weighted by atomic mass is 9.78. The summed E-state index contributed by atoms with van der Waals surface area (Å²) in [5.41, 5.74) is 17.9. The third kappa shape index (κ3) is 9.07. The van der Waals surface area contributed by atoms with Crippen molar-refractivity contribution < 1.29 is 30.5 Å². The summed E-state index contributed by atoms with van der Waals surface area (Å²) in [5, 5.41) is 4.73. The average molecular weight is 885 g/mol. The van der Waals surface area contributed by atoms with Crippen molar-refractivity contribution in [2.24, 2.45) is 0 Å². The maximum Gasteiger partial charge on any atom is 0.264 e.